The largest absolute Gasteiger partial charge is 0.496 e. The normalized spacial score (nSPS) is 11.4. The van der Waals surface area contributed by atoms with E-state index in [1.165, 1.54) is 44.2 Å². The molecule has 0 saturated carbocycles. The van der Waals surface area contributed by atoms with Gasteiger partial charge in [0.15, 0.2) is 5.69 Å². The zero-order chi connectivity index (χ0) is 23.8. The van der Waals surface area contributed by atoms with E-state index in [1.807, 2.05) is 0 Å². The van der Waals surface area contributed by atoms with Gasteiger partial charge >= 0.3 is 5.97 Å². The molecule has 0 amide bonds. The quantitative estimate of drug-likeness (QED) is 0.336. The van der Waals surface area contributed by atoms with Gasteiger partial charge in [0.05, 0.1) is 38.3 Å². The van der Waals surface area contributed by atoms with Crippen molar-refractivity contribution in [1.29, 1.82) is 0 Å². The highest BCUT2D eigenvalue weighted by atomic mass is 32.2. The molecule has 0 aliphatic heterocycles. The SMILES string of the molecule is COC(=O)c1cc(-c2c(OC)cccc2OC)n(-c2ccc(S(=O)(=O)O)c3ccccc23)n1. The van der Waals surface area contributed by atoms with E-state index in [0.717, 1.165) is 0 Å². The average molecular weight is 468 g/mol. The highest BCUT2D eigenvalue weighted by Crippen LogP contribution is 2.40. The molecule has 0 bridgehead atoms. The van der Waals surface area contributed by atoms with Crippen molar-refractivity contribution in [2.75, 3.05) is 21.3 Å². The Bertz CT molecular complexity index is 1450. The number of hydrogen-bond donors (Lipinski definition) is 1. The predicted molar refractivity (Wildman–Crippen MR) is 121 cm³/mol. The van der Waals surface area contributed by atoms with Gasteiger partial charge in [-0.15, -0.1) is 0 Å². The molecular formula is C23H20N2O7S. The van der Waals surface area contributed by atoms with Crippen LogP contribution in [0.1, 0.15) is 10.5 Å². The van der Waals surface area contributed by atoms with Crippen molar-refractivity contribution in [2.24, 2.45) is 0 Å². The third-order valence-corrected chi connectivity index (χ3v) is 6.07. The van der Waals surface area contributed by atoms with Gasteiger partial charge in [-0.2, -0.15) is 13.5 Å². The van der Waals surface area contributed by atoms with E-state index in [0.29, 0.717) is 39.2 Å². The van der Waals surface area contributed by atoms with Gasteiger partial charge in [-0.05, 0) is 30.3 Å². The fourth-order valence-corrected chi connectivity index (χ4v) is 4.41. The number of hydrogen-bond acceptors (Lipinski definition) is 7. The first kappa shape index (κ1) is 22.3. The summed E-state index contributed by atoms with van der Waals surface area (Å²) in [6, 6.07) is 16.2. The number of benzene rings is 3. The van der Waals surface area contributed by atoms with E-state index >= 15 is 0 Å². The van der Waals surface area contributed by atoms with Crippen molar-refractivity contribution in [3.05, 3.63) is 66.4 Å². The highest BCUT2D eigenvalue weighted by Gasteiger charge is 2.24. The summed E-state index contributed by atoms with van der Waals surface area (Å²) in [6.45, 7) is 0. The Labute approximate surface area is 189 Å². The fourth-order valence-electron chi connectivity index (χ4n) is 3.72. The number of rotatable bonds is 6. The highest BCUT2D eigenvalue weighted by molar-refractivity contribution is 7.86. The van der Waals surface area contributed by atoms with Crippen molar-refractivity contribution >= 4 is 26.9 Å². The molecule has 1 heterocycles. The minimum absolute atomic E-state index is 0.0309. The van der Waals surface area contributed by atoms with Crippen molar-refractivity contribution in [3.63, 3.8) is 0 Å². The van der Waals surface area contributed by atoms with Crippen LogP contribution in [-0.4, -0.2) is 50.0 Å². The molecule has 4 aromatic rings. The standard InChI is InChI=1S/C23H20N2O7S/c1-30-19-9-6-10-20(31-2)22(19)18-13-16(23(26)32-3)24-25(18)17-11-12-21(33(27,28)29)15-8-5-4-7-14(15)17/h4-13H,1-3H3,(H,27,28,29). The molecule has 0 aliphatic rings. The van der Waals surface area contributed by atoms with Crippen LogP contribution in [0.15, 0.2) is 65.6 Å². The second-order valence-corrected chi connectivity index (χ2v) is 8.35. The van der Waals surface area contributed by atoms with Crippen molar-refractivity contribution < 1.29 is 32.0 Å². The maximum absolute atomic E-state index is 12.3. The van der Waals surface area contributed by atoms with E-state index in [1.54, 1.807) is 42.5 Å². The number of nitrogens with zero attached hydrogens (tertiary/aromatic N) is 2. The Balaban J connectivity index is 2.10. The molecule has 0 aliphatic carbocycles. The zero-order valence-corrected chi connectivity index (χ0v) is 18.8. The van der Waals surface area contributed by atoms with Crippen LogP contribution in [0.5, 0.6) is 11.5 Å². The Morgan fingerprint density at radius 1 is 0.909 bits per heavy atom. The molecule has 1 aromatic heterocycles. The molecule has 3 aromatic carbocycles. The molecule has 9 nitrogen and oxygen atoms in total. The molecule has 33 heavy (non-hydrogen) atoms. The van der Waals surface area contributed by atoms with Crippen LogP contribution in [0.3, 0.4) is 0 Å². The summed E-state index contributed by atoms with van der Waals surface area (Å²) in [4.78, 5) is 12.1. The third kappa shape index (κ3) is 3.90. The summed E-state index contributed by atoms with van der Waals surface area (Å²) in [7, 11) is -0.196. The lowest BCUT2D eigenvalue weighted by molar-refractivity contribution is 0.0593. The lowest BCUT2D eigenvalue weighted by atomic mass is 10.1. The number of carbonyl (C=O) groups is 1. The Morgan fingerprint density at radius 3 is 2.12 bits per heavy atom. The van der Waals surface area contributed by atoms with Gasteiger partial charge < -0.3 is 14.2 Å². The minimum Gasteiger partial charge on any atom is -0.496 e. The lowest BCUT2D eigenvalue weighted by Gasteiger charge is -2.16. The number of carbonyl (C=O) groups excluding carboxylic acids is 1. The fraction of sp³-hybridized carbons (Fsp3) is 0.130. The molecule has 4 rings (SSSR count). The molecule has 0 radical (unpaired) electrons. The number of esters is 1. The van der Waals surface area contributed by atoms with Crippen LogP contribution in [0.2, 0.25) is 0 Å². The first-order chi connectivity index (χ1) is 15.8. The number of methoxy groups -OCH3 is 3. The van der Waals surface area contributed by atoms with Crippen molar-refractivity contribution in [3.8, 4) is 28.4 Å². The second-order valence-electron chi connectivity index (χ2n) is 6.96. The van der Waals surface area contributed by atoms with Gasteiger partial charge in [-0.1, -0.05) is 30.3 Å². The Hall–Kier alpha value is -3.89. The zero-order valence-electron chi connectivity index (χ0n) is 18.0. The number of fused-ring (bicyclic) bond motifs is 1. The molecule has 0 unspecified atom stereocenters. The maximum Gasteiger partial charge on any atom is 0.358 e. The van der Waals surface area contributed by atoms with E-state index in [2.05, 4.69) is 5.10 Å². The van der Waals surface area contributed by atoms with E-state index < -0.39 is 16.1 Å². The summed E-state index contributed by atoms with van der Waals surface area (Å²) < 4.78 is 50.9. The molecule has 0 spiro atoms. The molecule has 0 atom stereocenters. The van der Waals surface area contributed by atoms with Gasteiger partial charge in [0.25, 0.3) is 10.1 Å². The van der Waals surface area contributed by atoms with E-state index in [-0.39, 0.29) is 10.6 Å². The van der Waals surface area contributed by atoms with Gasteiger partial charge in [0.1, 0.15) is 16.4 Å². The predicted octanol–water partition coefficient (Wildman–Crippen LogP) is 3.74. The second kappa shape index (κ2) is 8.57. The van der Waals surface area contributed by atoms with Gasteiger partial charge in [-0.3, -0.25) is 4.55 Å². The first-order valence-electron chi connectivity index (χ1n) is 9.69. The first-order valence-corrected chi connectivity index (χ1v) is 11.1. The van der Waals surface area contributed by atoms with Crippen molar-refractivity contribution in [1.82, 2.24) is 9.78 Å². The van der Waals surface area contributed by atoms with Gasteiger partial charge in [0, 0.05) is 10.8 Å². The smallest absolute Gasteiger partial charge is 0.358 e. The van der Waals surface area contributed by atoms with Crippen molar-refractivity contribution in [2.45, 2.75) is 4.90 Å². The Morgan fingerprint density at radius 2 is 1.55 bits per heavy atom. The number of ether oxygens (including phenoxy) is 3. The van der Waals surface area contributed by atoms with Crippen LogP contribution >= 0.6 is 0 Å². The summed E-state index contributed by atoms with van der Waals surface area (Å²) >= 11 is 0. The van der Waals surface area contributed by atoms with Crippen LogP contribution in [0, 0.1) is 0 Å². The Kier molecular flexibility index (Phi) is 5.79. The van der Waals surface area contributed by atoms with E-state index in [4.69, 9.17) is 14.2 Å². The van der Waals surface area contributed by atoms with Gasteiger partial charge in [-0.25, -0.2) is 9.48 Å². The molecule has 0 saturated heterocycles. The van der Waals surface area contributed by atoms with Crippen LogP contribution in [0.4, 0.5) is 0 Å². The summed E-state index contributed by atoms with van der Waals surface area (Å²) in [5.41, 5.74) is 1.49. The van der Waals surface area contributed by atoms with Gasteiger partial charge in [0.2, 0.25) is 0 Å². The summed E-state index contributed by atoms with van der Waals surface area (Å²) in [5.74, 6) is 0.305. The maximum atomic E-state index is 12.3. The van der Waals surface area contributed by atoms with Crippen LogP contribution in [0.25, 0.3) is 27.7 Å². The lowest BCUT2D eigenvalue weighted by Crippen LogP contribution is -2.07. The average Bonchev–Trinajstić information content (AvgIpc) is 3.26. The molecule has 0 fully saturated rings. The van der Waals surface area contributed by atoms with E-state index in [9.17, 15) is 17.8 Å². The monoisotopic (exact) mass is 468 g/mol. The molecule has 170 valence electrons. The van der Waals surface area contributed by atoms with Crippen LogP contribution < -0.4 is 9.47 Å². The minimum atomic E-state index is -4.47. The topological polar surface area (TPSA) is 117 Å². The molecule has 10 heteroatoms. The molecule has 1 N–H and O–H groups in total. The third-order valence-electron chi connectivity index (χ3n) is 5.16. The molecular weight excluding hydrogens is 448 g/mol. The number of aromatic nitrogens is 2. The van der Waals surface area contributed by atoms with Crippen LogP contribution in [-0.2, 0) is 14.9 Å². The summed E-state index contributed by atoms with van der Waals surface area (Å²) in [5, 5.41) is 5.22. The summed E-state index contributed by atoms with van der Waals surface area (Å²) in [6.07, 6.45) is 0.